The van der Waals surface area contributed by atoms with Gasteiger partial charge in [-0.3, -0.25) is 9.59 Å². The van der Waals surface area contributed by atoms with E-state index in [1.165, 1.54) is 12.5 Å². The second kappa shape index (κ2) is 10.3. The largest absolute Gasteiger partial charge is 0.465 e. The zero-order chi connectivity index (χ0) is 18.7. The van der Waals surface area contributed by atoms with E-state index >= 15 is 0 Å². The van der Waals surface area contributed by atoms with E-state index in [0.717, 1.165) is 6.42 Å². The summed E-state index contributed by atoms with van der Waals surface area (Å²) in [4.78, 5) is 21.8. The van der Waals surface area contributed by atoms with Gasteiger partial charge in [-0.15, -0.1) is 0 Å². The lowest BCUT2D eigenvalue weighted by molar-refractivity contribution is -0.152. The molecule has 0 saturated carbocycles. The summed E-state index contributed by atoms with van der Waals surface area (Å²) in [7, 11) is 0. The Morgan fingerprint density at radius 3 is 1.88 bits per heavy atom. The summed E-state index contributed by atoms with van der Waals surface area (Å²) in [6.45, 7) is 7.42. The fourth-order valence-electron chi connectivity index (χ4n) is 1.78. The summed E-state index contributed by atoms with van der Waals surface area (Å²) in [5.74, 6) is 0.166. The van der Waals surface area contributed by atoms with E-state index in [-0.39, 0.29) is 11.9 Å². The molecule has 2 aromatic rings. The number of carbonyl (C=O) groups is 2. The van der Waals surface area contributed by atoms with Crippen molar-refractivity contribution in [1.29, 1.82) is 0 Å². The van der Waals surface area contributed by atoms with Crippen molar-refractivity contribution in [2.45, 2.75) is 34.1 Å². The third-order valence-electron chi connectivity index (χ3n) is 3.08. The van der Waals surface area contributed by atoms with Crippen LogP contribution in [0.15, 0.2) is 60.7 Å². The summed E-state index contributed by atoms with van der Waals surface area (Å²) in [6, 6.07) is 19.0. The third kappa shape index (κ3) is 9.30. The maximum absolute atomic E-state index is 11.4. The molecule has 4 nitrogen and oxygen atoms in total. The molecule has 2 aromatic carbocycles. The summed E-state index contributed by atoms with van der Waals surface area (Å²) in [6.07, 6.45) is 0.780. The fourth-order valence-corrected chi connectivity index (χ4v) is 1.78. The van der Waals surface area contributed by atoms with Gasteiger partial charge < -0.3 is 9.47 Å². The van der Waals surface area contributed by atoms with Gasteiger partial charge >= 0.3 is 11.9 Å². The minimum absolute atomic E-state index is 0.140. The lowest BCUT2D eigenvalue weighted by atomic mass is 9.97. The van der Waals surface area contributed by atoms with Crippen molar-refractivity contribution in [3.63, 3.8) is 0 Å². The second-order valence-corrected chi connectivity index (χ2v) is 6.53. The Balaban J connectivity index is 0.000000271. The lowest BCUT2D eigenvalue weighted by Crippen LogP contribution is -2.23. The minimum Gasteiger partial charge on any atom is -0.465 e. The molecule has 4 heteroatoms. The average molecular weight is 342 g/mol. The first kappa shape index (κ1) is 20.4. The topological polar surface area (TPSA) is 52.6 Å². The van der Waals surface area contributed by atoms with Gasteiger partial charge in [0.05, 0.1) is 12.0 Å². The average Bonchev–Trinajstić information content (AvgIpc) is 2.56. The zero-order valence-corrected chi connectivity index (χ0v) is 15.3. The van der Waals surface area contributed by atoms with Crippen LogP contribution < -0.4 is 4.74 Å². The number of hydrogen-bond donors (Lipinski definition) is 0. The van der Waals surface area contributed by atoms with E-state index in [2.05, 4.69) is 0 Å². The van der Waals surface area contributed by atoms with Crippen LogP contribution in [-0.4, -0.2) is 18.5 Å². The van der Waals surface area contributed by atoms with E-state index in [0.29, 0.717) is 12.4 Å². The second-order valence-electron chi connectivity index (χ2n) is 6.53. The number of benzene rings is 2. The van der Waals surface area contributed by atoms with Gasteiger partial charge in [-0.1, -0.05) is 48.5 Å². The number of para-hydroxylation sites is 1. The maximum Gasteiger partial charge on any atom is 0.311 e. The summed E-state index contributed by atoms with van der Waals surface area (Å²) >= 11 is 0. The molecule has 0 aliphatic rings. The van der Waals surface area contributed by atoms with Gasteiger partial charge in [-0.05, 0) is 38.5 Å². The smallest absolute Gasteiger partial charge is 0.311 e. The molecule has 0 aromatic heterocycles. The molecule has 25 heavy (non-hydrogen) atoms. The number of ether oxygens (including phenoxy) is 2. The van der Waals surface area contributed by atoms with Crippen molar-refractivity contribution in [1.82, 2.24) is 0 Å². The third-order valence-corrected chi connectivity index (χ3v) is 3.08. The molecule has 0 aliphatic carbocycles. The highest BCUT2D eigenvalue weighted by molar-refractivity contribution is 5.75. The van der Waals surface area contributed by atoms with Gasteiger partial charge in [0.15, 0.2) is 0 Å². The van der Waals surface area contributed by atoms with Crippen molar-refractivity contribution in [3.8, 4) is 5.75 Å². The Kier molecular flexibility index (Phi) is 8.40. The van der Waals surface area contributed by atoms with Crippen LogP contribution in [-0.2, 0) is 20.7 Å². The Morgan fingerprint density at radius 2 is 1.40 bits per heavy atom. The number of hydrogen-bond acceptors (Lipinski definition) is 4. The van der Waals surface area contributed by atoms with Crippen molar-refractivity contribution < 1.29 is 19.1 Å². The summed E-state index contributed by atoms with van der Waals surface area (Å²) in [5.41, 5.74) is 0.788. The van der Waals surface area contributed by atoms with Gasteiger partial charge in [-0.2, -0.15) is 0 Å². The van der Waals surface area contributed by atoms with Crippen molar-refractivity contribution in [3.05, 3.63) is 66.2 Å². The molecule has 0 bridgehead atoms. The highest BCUT2D eigenvalue weighted by Gasteiger charge is 2.22. The molecular weight excluding hydrogens is 316 g/mol. The number of rotatable bonds is 4. The molecule has 0 fully saturated rings. The normalized spacial score (nSPS) is 10.2. The van der Waals surface area contributed by atoms with E-state index in [1.807, 2.05) is 69.3 Å². The highest BCUT2D eigenvalue weighted by Crippen LogP contribution is 2.15. The molecule has 0 unspecified atom stereocenters. The van der Waals surface area contributed by atoms with Crippen LogP contribution in [0.3, 0.4) is 0 Å². The molecule has 0 N–H and O–H groups in total. The van der Waals surface area contributed by atoms with Gasteiger partial charge in [0.1, 0.15) is 5.75 Å². The van der Waals surface area contributed by atoms with Crippen LogP contribution in [0.25, 0.3) is 0 Å². The number of esters is 2. The molecule has 0 amide bonds. The van der Waals surface area contributed by atoms with Crippen molar-refractivity contribution >= 4 is 11.9 Å². The Labute approximate surface area is 149 Å². The highest BCUT2D eigenvalue weighted by atomic mass is 16.5. The molecule has 0 heterocycles. The van der Waals surface area contributed by atoms with Gasteiger partial charge in [0.25, 0.3) is 0 Å². The van der Waals surface area contributed by atoms with Crippen LogP contribution in [0.1, 0.15) is 33.3 Å². The van der Waals surface area contributed by atoms with Gasteiger partial charge in [-0.25, -0.2) is 0 Å². The SMILES string of the molecule is CC(=O)Oc1ccccc1.CC(C)(C)C(=O)OCCc1ccccc1. The quantitative estimate of drug-likeness (QED) is 0.609. The molecule has 134 valence electrons. The van der Waals surface area contributed by atoms with Gasteiger partial charge in [0.2, 0.25) is 0 Å². The molecule has 0 spiro atoms. The number of carbonyl (C=O) groups excluding carboxylic acids is 2. The molecule has 0 atom stereocenters. The molecule has 0 aliphatic heterocycles. The van der Waals surface area contributed by atoms with Crippen LogP contribution in [0.2, 0.25) is 0 Å². The lowest BCUT2D eigenvalue weighted by Gasteiger charge is -2.16. The standard InChI is InChI=1S/C13H18O2.C8H8O2/c1-13(2,3)12(14)15-10-9-11-7-5-4-6-8-11;1-7(9)10-8-5-3-2-4-6-8/h4-8H,9-10H2,1-3H3;2-6H,1H3. The van der Waals surface area contributed by atoms with Gasteiger partial charge in [0, 0.05) is 13.3 Å². The Hall–Kier alpha value is -2.62. The van der Waals surface area contributed by atoms with Crippen LogP contribution in [0, 0.1) is 5.41 Å². The monoisotopic (exact) mass is 342 g/mol. The van der Waals surface area contributed by atoms with E-state index in [4.69, 9.17) is 9.47 Å². The predicted molar refractivity (Wildman–Crippen MR) is 98.3 cm³/mol. The first-order valence-electron chi connectivity index (χ1n) is 8.23. The van der Waals surface area contributed by atoms with Crippen molar-refractivity contribution in [2.75, 3.05) is 6.61 Å². The Bertz CT molecular complexity index is 643. The maximum atomic E-state index is 11.4. The first-order chi connectivity index (χ1) is 11.8. The summed E-state index contributed by atoms with van der Waals surface area (Å²) in [5, 5.41) is 0. The fraction of sp³-hybridized carbons (Fsp3) is 0.333. The summed E-state index contributed by atoms with van der Waals surface area (Å²) < 4.78 is 9.95. The van der Waals surface area contributed by atoms with Crippen LogP contribution in [0.4, 0.5) is 0 Å². The molecule has 0 radical (unpaired) electrons. The predicted octanol–water partition coefficient (Wildman–Crippen LogP) is 4.43. The minimum atomic E-state index is -0.406. The van der Waals surface area contributed by atoms with E-state index in [1.54, 1.807) is 12.1 Å². The molecule has 0 saturated heterocycles. The van der Waals surface area contributed by atoms with Crippen molar-refractivity contribution in [2.24, 2.45) is 5.41 Å². The van der Waals surface area contributed by atoms with Crippen LogP contribution >= 0.6 is 0 Å². The molecule has 2 rings (SSSR count). The molecular formula is C21H26O4. The zero-order valence-electron chi connectivity index (χ0n) is 15.3. The van der Waals surface area contributed by atoms with E-state index in [9.17, 15) is 9.59 Å². The Morgan fingerprint density at radius 1 is 0.880 bits per heavy atom. The first-order valence-corrected chi connectivity index (χ1v) is 8.23. The van der Waals surface area contributed by atoms with Crippen LogP contribution in [0.5, 0.6) is 5.75 Å². The van der Waals surface area contributed by atoms with E-state index < -0.39 is 5.41 Å².